The molecule has 1 heterocycles. The van der Waals surface area contributed by atoms with Gasteiger partial charge in [-0.1, -0.05) is 18.2 Å². The molecule has 1 aromatic heterocycles. The molecule has 150 valence electrons. The second kappa shape index (κ2) is 8.16. The molecule has 6 nitrogen and oxygen atoms in total. The van der Waals surface area contributed by atoms with Crippen molar-refractivity contribution in [3.8, 4) is 16.9 Å². The van der Waals surface area contributed by atoms with E-state index < -0.39 is 17.8 Å². The zero-order chi connectivity index (χ0) is 21.3. The highest BCUT2D eigenvalue weighted by Gasteiger charge is 2.32. The lowest BCUT2D eigenvalue weighted by molar-refractivity contribution is 0.0549. The molecule has 0 atom stereocenters. The van der Waals surface area contributed by atoms with Gasteiger partial charge >= 0.3 is 11.9 Å². The summed E-state index contributed by atoms with van der Waals surface area (Å²) in [5.74, 6) is -1.93. The lowest BCUT2D eigenvalue weighted by atomic mass is 9.96. The van der Waals surface area contributed by atoms with Gasteiger partial charge in [0, 0.05) is 5.56 Å². The molecular weight excluding hydrogens is 443 g/mol. The predicted molar refractivity (Wildman–Crippen MR) is 109 cm³/mol. The van der Waals surface area contributed by atoms with Gasteiger partial charge in [0.15, 0.2) is 5.69 Å². The smallest absolute Gasteiger partial charge is 0.357 e. The first-order chi connectivity index (χ1) is 13.8. The molecule has 0 N–H and O–H groups in total. The van der Waals surface area contributed by atoms with Crippen LogP contribution in [0.15, 0.2) is 40.9 Å². The number of aromatic nitrogens is 2. The normalized spacial score (nSPS) is 10.7. The van der Waals surface area contributed by atoms with Gasteiger partial charge in [-0.2, -0.15) is 5.10 Å². The number of carbonyl (C=O) groups is 2. The Hall–Kier alpha value is -3.00. The van der Waals surface area contributed by atoms with Crippen molar-refractivity contribution in [2.45, 2.75) is 13.8 Å². The minimum absolute atomic E-state index is 0.0482. The van der Waals surface area contributed by atoms with E-state index in [9.17, 15) is 14.0 Å². The van der Waals surface area contributed by atoms with Crippen molar-refractivity contribution in [3.05, 3.63) is 69.1 Å². The van der Waals surface area contributed by atoms with Crippen molar-refractivity contribution >= 4 is 27.9 Å². The summed E-state index contributed by atoms with van der Waals surface area (Å²) in [6, 6.07) is 10.2. The van der Waals surface area contributed by atoms with Crippen LogP contribution in [0.3, 0.4) is 0 Å². The maximum absolute atomic E-state index is 14.2. The summed E-state index contributed by atoms with van der Waals surface area (Å²) in [5, 5.41) is 4.55. The number of aryl methyl sites for hydroxylation is 1. The van der Waals surface area contributed by atoms with Crippen LogP contribution in [0.5, 0.6) is 0 Å². The molecule has 0 spiro atoms. The summed E-state index contributed by atoms with van der Waals surface area (Å²) in [6.45, 7) is 3.41. The standard InChI is InChI=1S/C21H18BrFN2O4/c1-11-10-14(23)17(22)12(2)15(11)18-16(20(26)28-3)19(21(27)29-4)25(24-18)13-8-6-5-7-9-13/h5-10H,1-4H3. The molecule has 0 fully saturated rings. The van der Waals surface area contributed by atoms with Gasteiger partial charge in [0.2, 0.25) is 0 Å². The first-order valence-electron chi connectivity index (χ1n) is 8.62. The second-order valence-electron chi connectivity index (χ2n) is 6.29. The number of methoxy groups -OCH3 is 2. The van der Waals surface area contributed by atoms with E-state index in [-0.39, 0.29) is 21.4 Å². The van der Waals surface area contributed by atoms with Gasteiger partial charge < -0.3 is 9.47 Å². The van der Waals surface area contributed by atoms with E-state index in [1.54, 1.807) is 38.1 Å². The van der Waals surface area contributed by atoms with Crippen molar-refractivity contribution in [1.29, 1.82) is 0 Å². The molecule has 0 radical (unpaired) electrons. The van der Waals surface area contributed by atoms with Gasteiger partial charge in [0.1, 0.15) is 17.1 Å². The Morgan fingerprint density at radius 2 is 1.69 bits per heavy atom. The first-order valence-corrected chi connectivity index (χ1v) is 9.41. The number of esters is 2. The van der Waals surface area contributed by atoms with E-state index in [1.807, 2.05) is 6.07 Å². The van der Waals surface area contributed by atoms with Crippen molar-refractivity contribution in [1.82, 2.24) is 9.78 Å². The highest BCUT2D eigenvalue weighted by atomic mass is 79.9. The average Bonchev–Trinajstić information content (AvgIpc) is 3.11. The number of nitrogens with zero attached hydrogens (tertiary/aromatic N) is 2. The highest BCUT2D eigenvalue weighted by molar-refractivity contribution is 9.10. The van der Waals surface area contributed by atoms with E-state index >= 15 is 0 Å². The highest BCUT2D eigenvalue weighted by Crippen LogP contribution is 2.37. The number of para-hydroxylation sites is 1. The van der Waals surface area contributed by atoms with Crippen LogP contribution in [0.4, 0.5) is 4.39 Å². The fourth-order valence-electron chi connectivity index (χ4n) is 3.20. The fraction of sp³-hybridized carbons (Fsp3) is 0.190. The minimum atomic E-state index is -0.748. The fourth-order valence-corrected chi connectivity index (χ4v) is 3.52. The molecule has 0 aliphatic carbocycles. The van der Waals surface area contributed by atoms with Gasteiger partial charge in [0.05, 0.1) is 24.4 Å². The maximum atomic E-state index is 14.2. The maximum Gasteiger partial charge on any atom is 0.357 e. The molecule has 0 saturated carbocycles. The van der Waals surface area contributed by atoms with Gasteiger partial charge in [-0.25, -0.2) is 18.7 Å². The number of hydrogen-bond acceptors (Lipinski definition) is 5. The molecule has 0 saturated heterocycles. The third-order valence-corrected chi connectivity index (χ3v) is 5.52. The average molecular weight is 461 g/mol. The SMILES string of the molecule is COC(=O)c1c(-c2c(C)cc(F)c(Br)c2C)nn(-c2ccccc2)c1C(=O)OC. The molecule has 0 unspecified atom stereocenters. The lowest BCUT2D eigenvalue weighted by Crippen LogP contribution is -2.15. The Kier molecular flexibility index (Phi) is 5.83. The molecule has 8 heteroatoms. The summed E-state index contributed by atoms with van der Waals surface area (Å²) in [7, 11) is 2.43. The minimum Gasteiger partial charge on any atom is -0.465 e. The van der Waals surface area contributed by atoms with E-state index in [1.165, 1.54) is 25.0 Å². The third-order valence-electron chi connectivity index (χ3n) is 4.54. The molecular formula is C21H18BrFN2O4. The predicted octanol–water partition coefficient (Wildman–Crippen LogP) is 4.63. The zero-order valence-corrected chi connectivity index (χ0v) is 17.8. The summed E-state index contributed by atoms with van der Waals surface area (Å²) in [5.41, 5.74) is 2.27. The van der Waals surface area contributed by atoms with Crippen LogP contribution in [-0.2, 0) is 9.47 Å². The topological polar surface area (TPSA) is 70.4 Å². The molecule has 3 aromatic rings. The van der Waals surface area contributed by atoms with Gasteiger partial charge in [-0.05, 0) is 59.1 Å². The quantitative estimate of drug-likeness (QED) is 0.530. The number of ether oxygens (including phenoxy) is 2. The molecule has 29 heavy (non-hydrogen) atoms. The van der Waals surface area contributed by atoms with E-state index in [0.29, 0.717) is 22.4 Å². The Labute approximate surface area is 175 Å². The molecule has 0 amide bonds. The summed E-state index contributed by atoms with van der Waals surface area (Å²) >= 11 is 3.24. The molecule has 0 aliphatic heterocycles. The molecule has 0 bridgehead atoms. The Bertz CT molecular complexity index is 1110. The van der Waals surface area contributed by atoms with Crippen molar-refractivity contribution in [2.24, 2.45) is 0 Å². The Morgan fingerprint density at radius 3 is 2.28 bits per heavy atom. The van der Waals surface area contributed by atoms with E-state index in [4.69, 9.17) is 9.47 Å². The number of hydrogen-bond donors (Lipinski definition) is 0. The molecule has 2 aromatic carbocycles. The Balaban J connectivity index is 2.46. The van der Waals surface area contributed by atoms with Crippen LogP contribution in [-0.4, -0.2) is 35.9 Å². The summed E-state index contributed by atoms with van der Waals surface area (Å²) in [6.07, 6.45) is 0. The monoisotopic (exact) mass is 460 g/mol. The van der Waals surface area contributed by atoms with Gasteiger partial charge in [0.25, 0.3) is 0 Å². The third kappa shape index (κ3) is 3.55. The summed E-state index contributed by atoms with van der Waals surface area (Å²) < 4.78 is 25.6. The van der Waals surface area contributed by atoms with E-state index in [0.717, 1.165) is 0 Å². The van der Waals surface area contributed by atoms with Gasteiger partial charge in [-0.3, -0.25) is 0 Å². The lowest BCUT2D eigenvalue weighted by Gasteiger charge is -2.12. The number of carbonyl (C=O) groups excluding carboxylic acids is 2. The second-order valence-corrected chi connectivity index (χ2v) is 7.08. The molecule has 0 aliphatic rings. The van der Waals surface area contributed by atoms with Crippen LogP contribution in [0, 0.1) is 19.7 Å². The zero-order valence-electron chi connectivity index (χ0n) is 16.2. The number of halogens is 2. The van der Waals surface area contributed by atoms with Crippen LogP contribution in [0.2, 0.25) is 0 Å². The number of benzene rings is 2. The Morgan fingerprint density at radius 1 is 1.07 bits per heavy atom. The van der Waals surface area contributed by atoms with E-state index in [2.05, 4.69) is 21.0 Å². The van der Waals surface area contributed by atoms with Crippen molar-refractivity contribution in [3.63, 3.8) is 0 Å². The summed E-state index contributed by atoms with van der Waals surface area (Å²) in [4.78, 5) is 25.3. The van der Waals surface area contributed by atoms with Crippen LogP contribution in [0.25, 0.3) is 16.9 Å². The first kappa shape index (κ1) is 20.7. The van der Waals surface area contributed by atoms with Crippen LogP contribution in [0.1, 0.15) is 32.0 Å². The number of rotatable bonds is 4. The largest absolute Gasteiger partial charge is 0.465 e. The van der Waals surface area contributed by atoms with Crippen molar-refractivity contribution < 1.29 is 23.5 Å². The van der Waals surface area contributed by atoms with Crippen LogP contribution < -0.4 is 0 Å². The molecule has 3 rings (SSSR count). The van der Waals surface area contributed by atoms with Crippen LogP contribution >= 0.6 is 15.9 Å². The van der Waals surface area contributed by atoms with Gasteiger partial charge in [-0.15, -0.1) is 0 Å². The van der Waals surface area contributed by atoms with Crippen molar-refractivity contribution in [2.75, 3.05) is 14.2 Å².